The van der Waals surface area contributed by atoms with Crippen LogP contribution in [0.2, 0.25) is 0 Å². The van der Waals surface area contributed by atoms with E-state index >= 15 is 0 Å². The number of β-amino-alcohol motifs (C(OH)–C–C–N with tert-alkyl or cyclic N) is 1. The molecule has 0 saturated carbocycles. The van der Waals surface area contributed by atoms with E-state index in [1.807, 2.05) is 0 Å². The summed E-state index contributed by atoms with van der Waals surface area (Å²) in [7, 11) is 1.62. The Balaban J connectivity index is 1.72. The molecule has 0 spiro atoms. The van der Waals surface area contributed by atoms with E-state index in [9.17, 15) is 19.5 Å². The minimum absolute atomic E-state index is 0.0760. The van der Waals surface area contributed by atoms with Crippen molar-refractivity contribution in [3.8, 4) is 11.1 Å². The summed E-state index contributed by atoms with van der Waals surface area (Å²) >= 11 is 0. The smallest absolute Gasteiger partial charge is 0.357 e. The average molecular weight is 407 g/mol. The molecule has 10 heteroatoms. The Morgan fingerprint density at radius 1 is 1.23 bits per heavy atom. The molecule has 1 aliphatic rings. The van der Waals surface area contributed by atoms with E-state index in [2.05, 4.69) is 15.4 Å². The molecule has 0 unspecified atom stereocenters. The minimum atomic E-state index is -1.16. The number of aliphatic hydroxyl groups is 1. The van der Waals surface area contributed by atoms with Crippen molar-refractivity contribution in [2.24, 2.45) is 7.05 Å². The number of aliphatic hydroxyl groups excluding tert-OH is 1. The first-order chi connectivity index (χ1) is 14.4. The van der Waals surface area contributed by atoms with Crippen molar-refractivity contribution in [1.82, 2.24) is 19.7 Å². The number of fused-ring (bicyclic) bond motifs is 1. The number of carboxylic acids is 1. The fraction of sp³-hybridized carbons (Fsp3) is 0.150. The number of aromatic carboxylic acids is 1. The number of benzene rings is 1. The largest absolute Gasteiger partial charge is 0.476 e. The Labute approximate surface area is 170 Å². The third-order valence-corrected chi connectivity index (χ3v) is 4.71. The van der Waals surface area contributed by atoms with E-state index in [4.69, 9.17) is 5.11 Å². The van der Waals surface area contributed by atoms with E-state index in [0.29, 0.717) is 27.8 Å². The second-order valence-corrected chi connectivity index (χ2v) is 6.62. The lowest BCUT2D eigenvalue weighted by atomic mass is 10.0. The van der Waals surface area contributed by atoms with Crippen LogP contribution in [0.1, 0.15) is 10.5 Å². The molecule has 0 fully saturated rings. The molecule has 152 valence electrons. The van der Waals surface area contributed by atoms with Gasteiger partial charge >= 0.3 is 5.97 Å². The topological polar surface area (TPSA) is 138 Å². The van der Waals surface area contributed by atoms with E-state index in [-0.39, 0.29) is 24.5 Å². The zero-order valence-corrected chi connectivity index (χ0v) is 15.9. The molecule has 1 aliphatic heterocycles. The van der Waals surface area contributed by atoms with Crippen molar-refractivity contribution in [2.75, 3.05) is 18.5 Å². The van der Waals surface area contributed by atoms with Crippen LogP contribution >= 0.6 is 0 Å². The number of nitrogens with zero attached hydrogens (tertiary/aromatic N) is 4. The number of hydrogen-bond donors (Lipinski definition) is 3. The van der Waals surface area contributed by atoms with Crippen molar-refractivity contribution >= 4 is 34.5 Å². The van der Waals surface area contributed by atoms with Crippen LogP contribution in [0.25, 0.3) is 22.2 Å². The van der Waals surface area contributed by atoms with Gasteiger partial charge in [-0.2, -0.15) is 5.10 Å². The highest BCUT2D eigenvalue weighted by molar-refractivity contribution is 6.17. The molecule has 2 amide bonds. The predicted molar refractivity (Wildman–Crippen MR) is 106 cm³/mol. The first kappa shape index (κ1) is 19.3. The number of hydrogen-bond acceptors (Lipinski definition) is 7. The van der Waals surface area contributed by atoms with Crippen LogP contribution in [0.5, 0.6) is 0 Å². The average Bonchev–Trinajstić information content (AvgIpc) is 3.20. The normalized spacial score (nSPS) is 13.8. The van der Waals surface area contributed by atoms with Crippen LogP contribution in [-0.4, -0.2) is 60.8 Å². The fourth-order valence-electron chi connectivity index (χ4n) is 3.40. The lowest BCUT2D eigenvalue weighted by molar-refractivity contribution is -0.137. The number of carboxylic acid groups (broad SMARTS) is 1. The van der Waals surface area contributed by atoms with Gasteiger partial charge in [-0.1, -0.05) is 12.1 Å². The molecule has 0 radical (unpaired) electrons. The number of pyridine rings is 1. The molecule has 0 aliphatic carbocycles. The van der Waals surface area contributed by atoms with Gasteiger partial charge in [0.2, 0.25) is 0 Å². The van der Waals surface area contributed by atoms with Crippen molar-refractivity contribution in [2.45, 2.75) is 0 Å². The summed E-state index contributed by atoms with van der Waals surface area (Å²) in [6, 6.07) is 8.69. The van der Waals surface area contributed by atoms with Gasteiger partial charge in [-0.15, -0.1) is 0 Å². The number of anilines is 1. The van der Waals surface area contributed by atoms with Crippen molar-refractivity contribution in [1.29, 1.82) is 0 Å². The molecule has 3 heterocycles. The molecule has 4 rings (SSSR count). The first-order valence-electron chi connectivity index (χ1n) is 9.01. The van der Waals surface area contributed by atoms with Crippen LogP contribution < -0.4 is 5.32 Å². The number of aromatic nitrogens is 3. The highest BCUT2D eigenvalue weighted by Gasteiger charge is 2.30. The maximum atomic E-state index is 12.3. The highest BCUT2D eigenvalue weighted by atomic mass is 16.4. The fourth-order valence-corrected chi connectivity index (χ4v) is 3.40. The van der Waals surface area contributed by atoms with E-state index in [0.717, 1.165) is 4.90 Å². The van der Waals surface area contributed by atoms with Gasteiger partial charge < -0.3 is 15.5 Å². The van der Waals surface area contributed by atoms with Crippen LogP contribution in [0.15, 0.2) is 48.3 Å². The van der Waals surface area contributed by atoms with Crippen molar-refractivity contribution in [3.63, 3.8) is 0 Å². The molecular formula is C20H17N5O5. The zero-order chi connectivity index (χ0) is 21.4. The van der Waals surface area contributed by atoms with Gasteiger partial charge in [0.25, 0.3) is 11.8 Å². The van der Waals surface area contributed by atoms with Gasteiger partial charge in [0, 0.05) is 25.0 Å². The standard InChI is InChI=1S/C20H17N5O5/c1-24-18-16(17(23-24)20(29)30)13(5-6-21-18)11-3-2-4-12(9-11)22-14-10-15(27)25(7-8-26)19(14)28/h2-6,9-10,22,26H,7-8H2,1H3,(H,29,30). The van der Waals surface area contributed by atoms with Gasteiger partial charge in [-0.05, 0) is 29.3 Å². The van der Waals surface area contributed by atoms with Crippen LogP contribution in [0.4, 0.5) is 5.69 Å². The Hall–Kier alpha value is -4.05. The van der Waals surface area contributed by atoms with Crippen molar-refractivity contribution in [3.05, 3.63) is 54.0 Å². The Kier molecular flexibility index (Phi) is 4.76. The number of carbonyl (C=O) groups excluding carboxylic acids is 2. The summed E-state index contributed by atoms with van der Waals surface area (Å²) in [6.07, 6.45) is 2.75. The van der Waals surface area contributed by atoms with E-state index in [1.54, 1.807) is 43.6 Å². The summed E-state index contributed by atoms with van der Waals surface area (Å²) in [5.74, 6) is -2.18. The molecule has 0 atom stereocenters. The quantitative estimate of drug-likeness (QED) is 0.515. The van der Waals surface area contributed by atoms with Gasteiger partial charge in [0.15, 0.2) is 11.3 Å². The number of carbonyl (C=O) groups is 3. The molecule has 10 nitrogen and oxygen atoms in total. The molecule has 2 aromatic heterocycles. The predicted octanol–water partition coefficient (Wildman–Crippen LogP) is 0.990. The second-order valence-electron chi connectivity index (χ2n) is 6.62. The Bertz CT molecular complexity index is 1230. The van der Waals surface area contributed by atoms with Crippen LogP contribution in [0, 0.1) is 0 Å². The lowest BCUT2D eigenvalue weighted by Crippen LogP contribution is -2.34. The third kappa shape index (κ3) is 3.18. The second kappa shape index (κ2) is 7.41. The lowest BCUT2D eigenvalue weighted by Gasteiger charge is -2.14. The molecule has 1 aromatic carbocycles. The summed E-state index contributed by atoms with van der Waals surface area (Å²) in [4.78, 5) is 41.1. The Morgan fingerprint density at radius 3 is 2.77 bits per heavy atom. The number of aryl methyl sites for hydroxylation is 1. The summed E-state index contributed by atoms with van der Waals surface area (Å²) < 4.78 is 1.41. The van der Waals surface area contributed by atoms with Crippen molar-refractivity contribution < 1.29 is 24.6 Å². The van der Waals surface area contributed by atoms with E-state index < -0.39 is 17.8 Å². The summed E-state index contributed by atoms with van der Waals surface area (Å²) in [5.41, 5.74) is 2.27. The molecule has 3 N–H and O–H groups in total. The highest BCUT2D eigenvalue weighted by Crippen LogP contribution is 2.31. The SMILES string of the molecule is Cn1nc(C(=O)O)c2c(-c3cccc(NC4=CC(=O)N(CCO)C4=O)c3)ccnc21. The number of amides is 2. The minimum Gasteiger partial charge on any atom is -0.476 e. The monoisotopic (exact) mass is 407 g/mol. The van der Waals surface area contributed by atoms with Gasteiger partial charge in [0.05, 0.1) is 18.5 Å². The van der Waals surface area contributed by atoms with Crippen LogP contribution in [0.3, 0.4) is 0 Å². The maximum absolute atomic E-state index is 12.3. The number of nitrogens with one attached hydrogen (secondary N) is 1. The number of rotatable bonds is 6. The molecule has 0 saturated heterocycles. The molecule has 3 aromatic rings. The molecule has 30 heavy (non-hydrogen) atoms. The number of imide groups is 1. The Morgan fingerprint density at radius 2 is 2.03 bits per heavy atom. The molecule has 0 bridgehead atoms. The first-order valence-corrected chi connectivity index (χ1v) is 9.01. The van der Waals surface area contributed by atoms with Gasteiger partial charge in [-0.3, -0.25) is 14.5 Å². The molecular weight excluding hydrogens is 390 g/mol. The zero-order valence-electron chi connectivity index (χ0n) is 15.9. The maximum Gasteiger partial charge on any atom is 0.357 e. The summed E-state index contributed by atoms with van der Waals surface area (Å²) in [6.45, 7) is -0.392. The van der Waals surface area contributed by atoms with E-state index in [1.165, 1.54) is 10.8 Å². The van der Waals surface area contributed by atoms with Gasteiger partial charge in [-0.25, -0.2) is 14.5 Å². The third-order valence-electron chi connectivity index (χ3n) is 4.71. The van der Waals surface area contributed by atoms with Gasteiger partial charge in [0.1, 0.15) is 5.70 Å². The van der Waals surface area contributed by atoms with Crippen LogP contribution in [-0.2, 0) is 16.6 Å². The summed E-state index contributed by atoms with van der Waals surface area (Å²) in [5, 5.41) is 25.9.